The van der Waals surface area contributed by atoms with Crippen LogP contribution in [0.5, 0.6) is 5.75 Å². The van der Waals surface area contributed by atoms with Gasteiger partial charge < -0.3 is 10.1 Å². The molecule has 21 heavy (non-hydrogen) atoms. The van der Waals surface area contributed by atoms with Crippen molar-refractivity contribution < 1.29 is 9.53 Å². The Kier molecular flexibility index (Phi) is 5.90. The standard InChI is InChI=1S/C16H15Cl2NO2/c17-13-8-14(18)10-15(9-13)21-11-16(20)19-7-6-12-4-2-1-3-5-12/h1-5,8-10H,6-7,11H2,(H,19,20). The van der Waals surface area contributed by atoms with Crippen molar-refractivity contribution in [2.24, 2.45) is 0 Å². The number of halogens is 2. The molecular formula is C16H15Cl2NO2. The lowest BCUT2D eigenvalue weighted by atomic mass is 10.1. The van der Waals surface area contributed by atoms with Gasteiger partial charge in [-0.1, -0.05) is 53.5 Å². The predicted molar refractivity (Wildman–Crippen MR) is 85.1 cm³/mol. The second-order valence-corrected chi connectivity index (χ2v) is 5.35. The van der Waals surface area contributed by atoms with Crippen molar-refractivity contribution >= 4 is 29.1 Å². The van der Waals surface area contributed by atoms with E-state index in [1.54, 1.807) is 18.2 Å². The van der Waals surface area contributed by atoms with E-state index in [1.807, 2.05) is 30.3 Å². The quantitative estimate of drug-likeness (QED) is 0.879. The number of nitrogens with one attached hydrogen (secondary N) is 1. The van der Waals surface area contributed by atoms with Gasteiger partial charge in [0.15, 0.2) is 6.61 Å². The smallest absolute Gasteiger partial charge is 0.257 e. The van der Waals surface area contributed by atoms with Crippen molar-refractivity contribution in [2.45, 2.75) is 6.42 Å². The highest BCUT2D eigenvalue weighted by Crippen LogP contribution is 2.23. The van der Waals surface area contributed by atoms with Crippen molar-refractivity contribution in [3.8, 4) is 5.75 Å². The highest BCUT2D eigenvalue weighted by molar-refractivity contribution is 6.34. The first-order valence-electron chi connectivity index (χ1n) is 6.53. The minimum Gasteiger partial charge on any atom is -0.484 e. The molecule has 0 radical (unpaired) electrons. The number of ether oxygens (including phenoxy) is 1. The number of benzene rings is 2. The van der Waals surface area contributed by atoms with E-state index in [2.05, 4.69) is 5.32 Å². The molecule has 0 bridgehead atoms. The minimum absolute atomic E-state index is 0.0640. The van der Waals surface area contributed by atoms with E-state index in [-0.39, 0.29) is 12.5 Å². The lowest BCUT2D eigenvalue weighted by Gasteiger charge is -2.08. The maximum absolute atomic E-state index is 11.7. The first-order valence-corrected chi connectivity index (χ1v) is 7.28. The third-order valence-corrected chi connectivity index (χ3v) is 3.22. The minimum atomic E-state index is -0.179. The van der Waals surface area contributed by atoms with E-state index in [4.69, 9.17) is 27.9 Å². The summed E-state index contributed by atoms with van der Waals surface area (Å²) in [6.45, 7) is 0.508. The lowest BCUT2D eigenvalue weighted by molar-refractivity contribution is -0.123. The van der Waals surface area contributed by atoms with Gasteiger partial charge in [0.05, 0.1) is 0 Å². The molecule has 2 aromatic carbocycles. The van der Waals surface area contributed by atoms with E-state index >= 15 is 0 Å². The van der Waals surface area contributed by atoms with Crippen molar-refractivity contribution in [1.29, 1.82) is 0 Å². The van der Waals surface area contributed by atoms with Crippen LogP contribution in [0.1, 0.15) is 5.56 Å². The van der Waals surface area contributed by atoms with Gasteiger partial charge >= 0.3 is 0 Å². The average molecular weight is 324 g/mol. The molecule has 0 fully saturated rings. The molecule has 2 rings (SSSR count). The molecule has 2 aromatic rings. The Morgan fingerprint density at radius 3 is 2.38 bits per heavy atom. The zero-order chi connectivity index (χ0) is 15.1. The molecule has 1 N–H and O–H groups in total. The zero-order valence-electron chi connectivity index (χ0n) is 11.3. The van der Waals surface area contributed by atoms with Crippen LogP contribution in [-0.4, -0.2) is 19.1 Å². The Bertz CT molecular complexity index is 582. The molecule has 5 heteroatoms. The summed E-state index contributed by atoms with van der Waals surface area (Å²) in [6, 6.07) is 14.8. The maximum atomic E-state index is 11.7. The Morgan fingerprint density at radius 1 is 1.05 bits per heavy atom. The van der Waals surface area contributed by atoms with Crippen molar-refractivity contribution in [2.75, 3.05) is 13.2 Å². The maximum Gasteiger partial charge on any atom is 0.257 e. The number of carbonyl (C=O) groups excluding carboxylic acids is 1. The van der Waals surface area contributed by atoms with Gasteiger partial charge in [0, 0.05) is 16.6 Å². The number of carbonyl (C=O) groups is 1. The Labute approximate surface area is 133 Å². The van der Waals surface area contributed by atoms with Gasteiger partial charge in [0.25, 0.3) is 5.91 Å². The van der Waals surface area contributed by atoms with E-state index in [9.17, 15) is 4.79 Å². The normalized spacial score (nSPS) is 10.2. The topological polar surface area (TPSA) is 38.3 Å². The van der Waals surface area contributed by atoms with Crippen LogP contribution in [0.15, 0.2) is 48.5 Å². The number of hydrogen-bond acceptors (Lipinski definition) is 2. The third kappa shape index (κ3) is 5.66. The van der Waals surface area contributed by atoms with Gasteiger partial charge in [0.2, 0.25) is 0 Å². The van der Waals surface area contributed by atoms with Crippen molar-refractivity contribution in [1.82, 2.24) is 5.32 Å². The van der Waals surface area contributed by atoms with Crippen LogP contribution in [0.25, 0.3) is 0 Å². The molecule has 0 heterocycles. The second-order valence-electron chi connectivity index (χ2n) is 4.48. The van der Waals surface area contributed by atoms with E-state index in [0.29, 0.717) is 22.3 Å². The molecule has 0 saturated heterocycles. The Balaban J connectivity index is 1.72. The van der Waals surface area contributed by atoms with E-state index in [1.165, 1.54) is 5.56 Å². The molecule has 3 nitrogen and oxygen atoms in total. The average Bonchev–Trinajstić information content (AvgIpc) is 2.45. The molecule has 0 atom stereocenters. The molecule has 0 unspecified atom stereocenters. The van der Waals surface area contributed by atoms with Crippen LogP contribution in [-0.2, 0) is 11.2 Å². The summed E-state index contributed by atoms with van der Waals surface area (Å²) in [7, 11) is 0. The van der Waals surface area contributed by atoms with Gasteiger partial charge in [-0.05, 0) is 30.2 Å². The van der Waals surface area contributed by atoms with Crippen LogP contribution in [0.2, 0.25) is 10.0 Å². The van der Waals surface area contributed by atoms with Gasteiger partial charge in [-0.25, -0.2) is 0 Å². The van der Waals surface area contributed by atoms with Crippen LogP contribution >= 0.6 is 23.2 Å². The molecular weight excluding hydrogens is 309 g/mol. The monoisotopic (exact) mass is 323 g/mol. The van der Waals surface area contributed by atoms with Crippen LogP contribution in [0, 0.1) is 0 Å². The Hall–Kier alpha value is -1.71. The van der Waals surface area contributed by atoms with Gasteiger partial charge in [-0.2, -0.15) is 0 Å². The summed E-state index contributed by atoms with van der Waals surface area (Å²) in [6.07, 6.45) is 0.787. The molecule has 110 valence electrons. The predicted octanol–water partition coefficient (Wildman–Crippen LogP) is 3.73. The molecule has 0 spiro atoms. The molecule has 1 amide bonds. The summed E-state index contributed by atoms with van der Waals surface area (Å²) in [4.78, 5) is 11.7. The summed E-state index contributed by atoms with van der Waals surface area (Å²) >= 11 is 11.7. The van der Waals surface area contributed by atoms with Crippen LogP contribution < -0.4 is 10.1 Å². The molecule has 0 saturated carbocycles. The molecule has 0 aliphatic carbocycles. The number of hydrogen-bond donors (Lipinski definition) is 1. The summed E-state index contributed by atoms with van der Waals surface area (Å²) in [5.74, 6) is 0.299. The highest BCUT2D eigenvalue weighted by atomic mass is 35.5. The molecule has 0 aliphatic heterocycles. The fourth-order valence-corrected chi connectivity index (χ4v) is 2.31. The third-order valence-electron chi connectivity index (χ3n) is 2.78. The van der Waals surface area contributed by atoms with E-state index < -0.39 is 0 Å². The fraction of sp³-hybridized carbons (Fsp3) is 0.188. The van der Waals surface area contributed by atoms with Gasteiger partial charge in [-0.3, -0.25) is 4.79 Å². The number of amides is 1. The fourth-order valence-electron chi connectivity index (χ4n) is 1.80. The highest BCUT2D eigenvalue weighted by Gasteiger charge is 2.04. The first kappa shape index (κ1) is 15.7. The SMILES string of the molecule is O=C(COc1cc(Cl)cc(Cl)c1)NCCc1ccccc1. The van der Waals surface area contributed by atoms with Gasteiger partial charge in [0.1, 0.15) is 5.75 Å². The van der Waals surface area contributed by atoms with Gasteiger partial charge in [-0.15, -0.1) is 0 Å². The lowest BCUT2D eigenvalue weighted by Crippen LogP contribution is -2.30. The van der Waals surface area contributed by atoms with Crippen LogP contribution in [0.4, 0.5) is 0 Å². The number of rotatable bonds is 6. The largest absolute Gasteiger partial charge is 0.484 e. The summed E-state index contributed by atoms with van der Waals surface area (Å²) in [5.41, 5.74) is 1.18. The summed E-state index contributed by atoms with van der Waals surface area (Å²) in [5, 5.41) is 3.75. The molecule has 0 aromatic heterocycles. The van der Waals surface area contributed by atoms with Crippen molar-refractivity contribution in [3.05, 3.63) is 64.1 Å². The second kappa shape index (κ2) is 7.91. The van der Waals surface area contributed by atoms with Crippen molar-refractivity contribution in [3.63, 3.8) is 0 Å². The van der Waals surface area contributed by atoms with E-state index in [0.717, 1.165) is 6.42 Å². The van der Waals surface area contributed by atoms with Crippen LogP contribution in [0.3, 0.4) is 0 Å². The zero-order valence-corrected chi connectivity index (χ0v) is 12.8. The first-order chi connectivity index (χ1) is 10.1. The molecule has 0 aliphatic rings. The Morgan fingerprint density at radius 2 is 1.71 bits per heavy atom. The summed E-state index contributed by atoms with van der Waals surface area (Å²) < 4.78 is 5.35.